The SMILES string of the molecule is CCCS(=O)(=O)N(c1ccc(N)cn1)C(C)C. The molecule has 0 aromatic carbocycles. The van der Waals surface area contributed by atoms with E-state index in [-0.39, 0.29) is 11.8 Å². The van der Waals surface area contributed by atoms with Gasteiger partial charge in [-0.3, -0.25) is 4.31 Å². The lowest BCUT2D eigenvalue weighted by Gasteiger charge is -2.26. The maximum atomic E-state index is 12.1. The Morgan fingerprint density at radius 2 is 2.06 bits per heavy atom. The molecule has 6 heteroatoms. The van der Waals surface area contributed by atoms with Crippen LogP contribution in [0.25, 0.3) is 0 Å². The van der Waals surface area contributed by atoms with E-state index in [4.69, 9.17) is 5.73 Å². The Morgan fingerprint density at radius 3 is 2.47 bits per heavy atom. The Bertz CT molecular complexity index is 454. The molecule has 0 aliphatic rings. The van der Waals surface area contributed by atoms with Gasteiger partial charge in [-0.15, -0.1) is 0 Å². The minimum absolute atomic E-state index is 0.122. The molecule has 0 bridgehead atoms. The summed E-state index contributed by atoms with van der Waals surface area (Å²) in [4.78, 5) is 4.07. The minimum atomic E-state index is -3.31. The van der Waals surface area contributed by atoms with Crippen molar-refractivity contribution in [2.45, 2.75) is 33.2 Å². The van der Waals surface area contributed by atoms with Crippen LogP contribution in [-0.2, 0) is 10.0 Å². The summed E-state index contributed by atoms with van der Waals surface area (Å²) in [6.45, 7) is 5.49. The van der Waals surface area contributed by atoms with Crippen LogP contribution in [0, 0.1) is 0 Å². The lowest BCUT2D eigenvalue weighted by Crippen LogP contribution is -2.39. The van der Waals surface area contributed by atoms with Gasteiger partial charge in [0, 0.05) is 6.04 Å². The van der Waals surface area contributed by atoms with Gasteiger partial charge in [0.2, 0.25) is 10.0 Å². The molecule has 1 aromatic rings. The summed E-state index contributed by atoms with van der Waals surface area (Å²) in [6.07, 6.45) is 2.05. The molecule has 1 rings (SSSR count). The molecule has 96 valence electrons. The van der Waals surface area contributed by atoms with E-state index in [1.807, 2.05) is 20.8 Å². The first-order valence-corrected chi connectivity index (χ1v) is 7.23. The Hall–Kier alpha value is -1.30. The molecule has 0 saturated heterocycles. The van der Waals surface area contributed by atoms with Gasteiger partial charge in [-0.05, 0) is 32.4 Å². The normalized spacial score (nSPS) is 11.8. The number of hydrogen-bond donors (Lipinski definition) is 1. The van der Waals surface area contributed by atoms with Crippen molar-refractivity contribution < 1.29 is 8.42 Å². The number of pyridine rings is 1. The summed E-state index contributed by atoms with van der Waals surface area (Å²) < 4.78 is 25.6. The molecule has 0 radical (unpaired) electrons. The van der Waals surface area contributed by atoms with E-state index in [9.17, 15) is 8.42 Å². The van der Waals surface area contributed by atoms with Gasteiger partial charge in [-0.25, -0.2) is 13.4 Å². The first kappa shape index (κ1) is 13.8. The Labute approximate surface area is 103 Å². The van der Waals surface area contributed by atoms with Crippen LogP contribution in [0.1, 0.15) is 27.2 Å². The topological polar surface area (TPSA) is 76.3 Å². The Morgan fingerprint density at radius 1 is 1.41 bits per heavy atom. The van der Waals surface area contributed by atoms with Crippen molar-refractivity contribution in [3.8, 4) is 0 Å². The molecule has 0 saturated carbocycles. The summed E-state index contributed by atoms with van der Waals surface area (Å²) >= 11 is 0. The third kappa shape index (κ3) is 3.33. The van der Waals surface area contributed by atoms with E-state index in [1.54, 1.807) is 12.1 Å². The van der Waals surface area contributed by atoms with Crippen molar-refractivity contribution in [1.29, 1.82) is 0 Å². The fraction of sp³-hybridized carbons (Fsp3) is 0.545. The van der Waals surface area contributed by atoms with Gasteiger partial charge >= 0.3 is 0 Å². The van der Waals surface area contributed by atoms with Crippen LogP contribution in [0.5, 0.6) is 0 Å². The molecule has 0 atom stereocenters. The van der Waals surface area contributed by atoms with Crippen LogP contribution in [0.2, 0.25) is 0 Å². The van der Waals surface area contributed by atoms with E-state index in [2.05, 4.69) is 4.98 Å². The summed E-state index contributed by atoms with van der Waals surface area (Å²) in [5.74, 6) is 0.541. The highest BCUT2D eigenvalue weighted by atomic mass is 32.2. The summed E-state index contributed by atoms with van der Waals surface area (Å²) in [5, 5.41) is 0. The minimum Gasteiger partial charge on any atom is -0.397 e. The zero-order valence-corrected chi connectivity index (χ0v) is 11.2. The molecule has 17 heavy (non-hydrogen) atoms. The van der Waals surface area contributed by atoms with Crippen LogP contribution in [-0.4, -0.2) is 25.2 Å². The monoisotopic (exact) mass is 257 g/mol. The van der Waals surface area contributed by atoms with Crippen LogP contribution in [0.15, 0.2) is 18.3 Å². The average molecular weight is 257 g/mol. The van der Waals surface area contributed by atoms with Gasteiger partial charge in [-0.1, -0.05) is 6.92 Å². The number of hydrogen-bond acceptors (Lipinski definition) is 4. The highest BCUT2D eigenvalue weighted by Gasteiger charge is 2.25. The number of rotatable bonds is 5. The molecule has 0 spiro atoms. The second-order valence-corrected chi connectivity index (χ2v) is 6.12. The maximum absolute atomic E-state index is 12.1. The third-order valence-corrected chi connectivity index (χ3v) is 4.36. The van der Waals surface area contributed by atoms with E-state index < -0.39 is 10.0 Å². The molecule has 0 aliphatic carbocycles. The maximum Gasteiger partial charge on any atom is 0.236 e. The van der Waals surface area contributed by atoms with E-state index in [0.29, 0.717) is 17.9 Å². The molecule has 5 nitrogen and oxygen atoms in total. The van der Waals surface area contributed by atoms with Crippen molar-refractivity contribution in [2.75, 3.05) is 15.8 Å². The predicted octanol–water partition coefficient (Wildman–Crippen LogP) is 1.62. The molecule has 1 heterocycles. The Kier molecular flexibility index (Phi) is 4.34. The van der Waals surface area contributed by atoms with Gasteiger partial charge < -0.3 is 5.73 Å². The second-order valence-electron chi connectivity index (χ2n) is 4.16. The van der Waals surface area contributed by atoms with Crippen LogP contribution in [0.4, 0.5) is 11.5 Å². The third-order valence-electron chi connectivity index (χ3n) is 2.23. The molecule has 0 aliphatic heterocycles. The number of nitrogens with two attached hydrogens (primary N) is 1. The fourth-order valence-electron chi connectivity index (χ4n) is 1.61. The number of sulfonamides is 1. The Balaban J connectivity index is 3.14. The van der Waals surface area contributed by atoms with Gasteiger partial charge in [0.1, 0.15) is 5.82 Å². The first-order valence-electron chi connectivity index (χ1n) is 5.62. The van der Waals surface area contributed by atoms with Crippen molar-refractivity contribution in [2.24, 2.45) is 0 Å². The highest BCUT2D eigenvalue weighted by Crippen LogP contribution is 2.20. The standard InChI is InChI=1S/C11H19N3O2S/c1-4-7-17(15,16)14(9(2)3)11-6-5-10(12)8-13-11/h5-6,8-9H,4,7,12H2,1-3H3. The van der Waals surface area contributed by atoms with Crippen molar-refractivity contribution in [3.05, 3.63) is 18.3 Å². The van der Waals surface area contributed by atoms with Crippen LogP contribution >= 0.6 is 0 Å². The van der Waals surface area contributed by atoms with Gasteiger partial charge in [0.25, 0.3) is 0 Å². The number of anilines is 2. The first-order chi connectivity index (χ1) is 7.88. The zero-order chi connectivity index (χ0) is 13.1. The van der Waals surface area contributed by atoms with Crippen molar-refractivity contribution in [3.63, 3.8) is 0 Å². The zero-order valence-electron chi connectivity index (χ0n) is 10.4. The molecule has 1 aromatic heterocycles. The predicted molar refractivity (Wildman–Crippen MR) is 70.3 cm³/mol. The quantitative estimate of drug-likeness (QED) is 0.869. The molecule has 0 fully saturated rings. The molecule has 0 unspecified atom stereocenters. The van der Waals surface area contributed by atoms with Crippen LogP contribution in [0.3, 0.4) is 0 Å². The fourth-order valence-corrected chi connectivity index (χ4v) is 3.36. The van der Waals surface area contributed by atoms with E-state index in [0.717, 1.165) is 0 Å². The highest BCUT2D eigenvalue weighted by molar-refractivity contribution is 7.92. The van der Waals surface area contributed by atoms with Crippen LogP contribution < -0.4 is 10.0 Å². The van der Waals surface area contributed by atoms with Crippen molar-refractivity contribution in [1.82, 2.24) is 4.98 Å². The molecule has 2 N–H and O–H groups in total. The number of aromatic nitrogens is 1. The molecular weight excluding hydrogens is 238 g/mol. The summed E-state index contributed by atoms with van der Waals surface area (Å²) in [6, 6.07) is 3.12. The number of nitrogens with zero attached hydrogens (tertiary/aromatic N) is 2. The summed E-state index contributed by atoms with van der Waals surface area (Å²) in [7, 11) is -3.31. The number of nitrogen functional groups attached to an aromatic ring is 1. The van der Waals surface area contributed by atoms with Gasteiger partial charge in [-0.2, -0.15) is 0 Å². The molecular formula is C11H19N3O2S. The lowest BCUT2D eigenvalue weighted by atomic mass is 10.3. The average Bonchev–Trinajstić information content (AvgIpc) is 2.20. The van der Waals surface area contributed by atoms with Crippen molar-refractivity contribution >= 4 is 21.5 Å². The van der Waals surface area contributed by atoms with Gasteiger partial charge in [0.15, 0.2) is 0 Å². The largest absolute Gasteiger partial charge is 0.397 e. The van der Waals surface area contributed by atoms with E-state index in [1.165, 1.54) is 10.5 Å². The second kappa shape index (κ2) is 5.35. The molecule has 0 amide bonds. The van der Waals surface area contributed by atoms with Gasteiger partial charge in [0.05, 0.1) is 17.6 Å². The lowest BCUT2D eigenvalue weighted by molar-refractivity contribution is 0.582. The summed E-state index contributed by atoms with van der Waals surface area (Å²) in [5.41, 5.74) is 6.06. The smallest absolute Gasteiger partial charge is 0.236 e. The van der Waals surface area contributed by atoms with E-state index >= 15 is 0 Å².